The van der Waals surface area contributed by atoms with Gasteiger partial charge in [-0.05, 0) is 153 Å². The monoisotopic (exact) mass is 951 g/mol. The van der Waals surface area contributed by atoms with Gasteiger partial charge in [0.15, 0.2) is 0 Å². The maximum absolute atomic E-state index is 6.69. The Bertz CT molecular complexity index is 4580. The first-order valence-corrected chi connectivity index (χ1v) is 26.0. The second-order valence-electron chi connectivity index (χ2n) is 20.2. The lowest BCUT2D eigenvalue weighted by atomic mass is 9.70. The molecule has 14 aromatic rings. The molecule has 348 valence electrons. The van der Waals surface area contributed by atoms with Crippen molar-refractivity contribution in [2.75, 3.05) is 4.90 Å². The van der Waals surface area contributed by atoms with Gasteiger partial charge in [0.25, 0.3) is 0 Å². The van der Waals surface area contributed by atoms with Crippen LogP contribution >= 0.6 is 0 Å². The molecule has 0 aliphatic heterocycles. The van der Waals surface area contributed by atoms with E-state index in [-0.39, 0.29) is 0 Å². The third kappa shape index (κ3) is 5.97. The van der Waals surface area contributed by atoms with Crippen LogP contribution in [0.25, 0.3) is 110 Å². The predicted molar refractivity (Wildman–Crippen MR) is 314 cm³/mol. The first-order chi connectivity index (χ1) is 37.2. The Morgan fingerprint density at radius 3 is 1.33 bits per heavy atom. The number of hydrogen-bond donors (Lipinski definition) is 0. The maximum Gasteiger partial charge on any atom is 0.136 e. The van der Waals surface area contributed by atoms with Crippen molar-refractivity contribution >= 4 is 71.3 Å². The van der Waals surface area contributed by atoms with Crippen LogP contribution in [0.4, 0.5) is 17.1 Å². The van der Waals surface area contributed by atoms with Gasteiger partial charge in [-0.25, -0.2) is 0 Å². The van der Waals surface area contributed by atoms with E-state index in [1.807, 2.05) is 0 Å². The fourth-order valence-corrected chi connectivity index (χ4v) is 13.4. The van der Waals surface area contributed by atoms with Crippen molar-refractivity contribution in [2.45, 2.75) is 5.41 Å². The fourth-order valence-electron chi connectivity index (χ4n) is 13.4. The highest BCUT2D eigenvalue weighted by Crippen LogP contribution is 2.64. The van der Waals surface area contributed by atoms with E-state index in [1.165, 1.54) is 93.5 Å². The fraction of sp³-hybridized carbons (Fsp3) is 0.0137. The highest BCUT2D eigenvalue weighted by Gasteiger charge is 2.52. The molecule has 1 aromatic heterocycles. The van der Waals surface area contributed by atoms with E-state index in [1.54, 1.807) is 0 Å². The third-order valence-electron chi connectivity index (χ3n) is 16.5. The molecule has 0 fully saturated rings. The number of para-hydroxylation sites is 1. The van der Waals surface area contributed by atoms with E-state index in [9.17, 15) is 0 Å². The molecule has 13 aromatic carbocycles. The van der Waals surface area contributed by atoms with Gasteiger partial charge in [-0.15, -0.1) is 0 Å². The second-order valence-corrected chi connectivity index (χ2v) is 20.2. The van der Waals surface area contributed by atoms with E-state index >= 15 is 0 Å². The van der Waals surface area contributed by atoms with Gasteiger partial charge in [-0.2, -0.15) is 0 Å². The van der Waals surface area contributed by atoms with Gasteiger partial charge in [0.05, 0.1) is 11.1 Å². The normalized spacial score (nSPS) is 12.9. The van der Waals surface area contributed by atoms with E-state index in [2.05, 4.69) is 278 Å². The van der Waals surface area contributed by atoms with Crippen LogP contribution in [-0.4, -0.2) is 0 Å². The molecule has 1 spiro atoms. The number of hydrogen-bond acceptors (Lipinski definition) is 2. The average Bonchev–Trinajstić information content (AvgIpc) is 4.21. The van der Waals surface area contributed by atoms with E-state index in [0.717, 1.165) is 55.7 Å². The van der Waals surface area contributed by atoms with E-state index < -0.39 is 5.41 Å². The number of anilines is 3. The molecule has 1 heterocycles. The van der Waals surface area contributed by atoms with Gasteiger partial charge >= 0.3 is 0 Å². The molecule has 0 radical (unpaired) electrons. The van der Waals surface area contributed by atoms with Crippen LogP contribution in [0.1, 0.15) is 22.3 Å². The van der Waals surface area contributed by atoms with Crippen molar-refractivity contribution < 1.29 is 4.42 Å². The van der Waals surface area contributed by atoms with Crippen LogP contribution in [0.2, 0.25) is 0 Å². The molecular weight excluding hydrogens is 907 g/mol. The van der Waals surface area contributed by atoms with Crippen molar-refractivity contribution in [3.8, 4) is 55.6 Å². The third-order valence-corrected chi connectivity index (χ3v) is 16.5. The summed E-state index contributed by atoms with van der Waals surface area (Å²) in [7, 11) is 0. The summed E-state index contributed by atoms with van der Waals surface area (Å²) in [5.74, 6) is 0. The van der Waals surface area contributed by atoms with Crippen LogP contribution < -0.4 is 4.90 Å². The largest absolute Gasteiger partial charge is 0.456 e. The summed E-state index contributed by atoms with van der Waals surface area (Å²) in [6.45, 7) is 0. The minimum Gasteiger partial charge on any atom is -0.456 e. The molecule has 0 N–H and O–H groups in total. The standard InChI is InChI=1S/C73H45NO/c1-2-19-46(20-3-1)50-21-4-5-22-51(50)47-37-39-48(40-38-47)74(49-41-42-56-54-25-7-6-23-52(54)53-24-8-9-26-55(53)62(56)43-49)69-45-68-63(44-64(69)60-31-18-36-71-72(60)61-30-13-17-35-70(61)75-71)59-29-12-16-34-67(59)73(68)65-32-14-10-27-57(65)58-28-11-15-33-66(58)73/h1-45H. The lowest BCUT2D eigenvalue weighted by Crippen LogP contribution is -2.26. The summed E-state index contributed by atoms with van der Waals surface area (Å²) in [5.41, 5.74) is 21.7. The zero-order valence-corrected chi connectivity index (χ0v) is 40.8. The van der Waals surface area contributed by atoms with Crippen LogP contribution in [0.5, 0.6) is 0 Å². The van der Waals surface area contributed by atoms with Gasteiger partial charge in [0.1, 0.15) is 11.2 Å². The molecule has 0 unspecified atom stereocenters. The summed E-state index contributed by atoms with van der Waals surface area (Å²) in [6, 6.07) is 101. The lowest BCUT2D eigenvalue weighted by Gasteiger charge is -2.33. The highest BCUT2D eigenvalue weighted by atomic mass is 16.3. The Labute approximate surface area is 434 Å². The van der Waals surface area contributed by atoms with Crippen molar-refractivity contribution in [3.05, 3.63) is 295 Å². The number of fused-ring (bicyclic) bond motifs is 19. The Balaban J connectivity index is 1.03. The molecule has 75 heavy (non-hydrogen) atoms. The first-order valence-electron chi connectivity index (χ1n) is 26.0. The Morgan fingerprint density at radius 1 is 0.253 bits per heavy atom. The predicted octanol–water partition coefficient (Wildman–Crippen LogP) is 19.9. The van der Waals surface area contributed by atoms with Crippen molar-refractivity contribution in [3.63, 3.8) is 0 Å². The molecule has 2 heteroatoms. The topological polar surface area (TPSA) is 16.4 Å². The van der Waals surface area contributed by atoms with Crippen molar-refractivity contribution in [1.82, 2.24) is 0 Å². The molecule has 0 amide bonds. The number of furan rings is 1. The maximum atomic E-state index is 6.69. The molecular formula is C73H45NO. The van der Waals surface area contributed by atoms with Gasteiger partial charge < -0.3 is 9.32 Å². The zero-order chi connectivity index (χ0) is 49.2. The second kappa shape index (κ2) is 16.1. The Morgan fingerprint density at radius 2 is 0.707 bits per heavy atom. The SMILES string of the molecule is c1ccc(-c2ccccc2-c2ccc(N(c3ccc4c5ccccc5c5ccccc5c4c3)c3cc4c(cc3-c3cccc5oc6ccccc6c35)-c3ccccc3C43c4ccccc4-c4ccccc43)cc2)cc1. The van der Waals surface area contributed by atoms with Crippen LogP contribution in [0.3, 0.4) is 0 Å². The lowest BCUT2D eigenvalue weighted by molar-refractivity contribution is 0.669. The molecule has 2 aliphatic rings. The molecule has 2 nitrogen and oxygen atoms in total. The van der Waals surface area contributed by atoms with Crippen LogP contribution in [-0.2, 0) is 5.41 Å². The van der Waals surface area contributed by atoms with Crippen molar-refractivity contribution in [2.24, 2.45) is 0 Å². The van der Waals surface area contributed by atoms with Crippen LogP contribution in [0, 0.1) is 0 Å². The summed E-state index contributed by atoms with van der Waals surface area (Å²) < 4.78 is 6.69. The number of rotatable bonds is 6. The molecule has 0 saturated carbocycles. The Kier molecular flexibility index (Phi) is 8.99. The molecule has 2 aliphatic carbocycles. The summed E-state index contributed by atoms with van der Waals surface area (Å²) in [4.78, 5) is 2.54. The summed E-state index contributed by atoms with van der Waals surface area (Å²) >= 11 is 0. The average molecular weight is 952 g/mol. The van der Waals surface area contributed by atoms with Crippen LogP contribution in [0.15, 0.2) is 277 Å². The minimum atomic E-state index is -0.560. The molecule has 0 bridgehead atoms. The number of benzene rings is 13. The zero-order valence-electron chi connectivity index (χ0n) is 40.8. The minimum absolute atomic E-state index is 0.560. The van der Waals surface area contributed by atoms with Gasteiger partial charge in [-0.1, -0.05) is 224 Å². The Hall–Kier alpha value is -9.76. The molecule has 16 rings (SSSR count). The summed E-state index contributed by atoms with van der Waals surface area (Å²) in [5, 5.41) is 9.66. The number of nitrogens with zero attached hydrogens (tertiary/aromatic N) is 1. The van der Waals surface area contributed by atoms with Gasteiger partial charge in [0, 0.05) is 27.7 Å². The van der Waals surface area contributed by atoms with Crippen molar-refractivity contribution in [1.29, 1.82) is 0 Å². The van der Waals surface area contributed by atoms with Gasteiger partial charge in [-0.3, -0.25) is 0 Å². The quantitative estimate of drug-likeness (QED) is 0.154. The van der Waals surface area contributed by atoms with Gasteiger partial charge in [0.2, 0.25) is 0 Å². The highest BCUT2D eigenvalue weighted by molar-refractivity contribution is 6.26. The molecule has 0 saturated heterocycles. The smallest absolute Gasteiger partial charge is 0.136 e. The summed E-state index contributed by atoms with van der Waals surface area (Å²) in [6.07, 6.45) is 0. The van der Waals surface area contributed by atoms with E-state index in [0.29, 0.717) is 0 Å². The molecule has 0 atom stereocenters. The van der Waals surface area contributed by atoms with E-state index in [4.69, 9.17) is 4.42 Å². The first kappa shape index (κ1) is 41.8.